The van der Waals surface area contributed by atoms with Gasteiger partial charge < -0.3 is 10.2 Å². The van der Waals surface area contributed by atoms with E-state index in [-0.39, 0.29) is 24.9 Å². The zero-order chi connectivity index (χ0) is 18.6. The van der Waals surface area contributed by atoms with Crippen LogP contribution in [-0.4, -0.2) is 46.3 Å². The second-order valence-electron chi connectivity index (χ2n) is 6.57. The van der Waals surface area contributed by atoms with Crippen LogP contribution in [0.25, 0.3) is 0 Å². The van der Waals surface area contributed by atoms with Gasteiger partial charge in [0.05, 0.1) is 11.9 Å². The summed E-state index contributed by atoms with van der Waals surface area (Å²) in [4.78, 5) is 14.1. The van der Waals surface area contributed by atoms with E-state index in [1.165, 1.54) is 10.6 Å². The molecule has 1 aliphatic rings. The molecule has 0 atom stereocenters. The van der Waals surface area contributed by atoms with E-state index in [9.17, 15) is 13.2 Å². The fourth-order valence-corrected chi connectivity index (χ4v) is 3.89. The quantitative estimate of drug-likeness (QED) is 0.727. The third kappa shape index (κ3) is 5.36. The van der Waals surface area contributed by atoms with E-state index in [0.717, 1.165) is 37.2 Å². The summed E-state index contributed by atoms with van der Waals surface area (Å²) in [5.74, 6) is -0.0893. The van der Waals surface area contributed by atoms with Crippen LogP contribution in [-0.2, 0) is 14.8 Å². The molecule has 6 nitrogen and oxygen atoms in total. The Balaban J connectivity index is 2.18. The monoisotopic (exact) mass is 367 g/mol. The van der Waals surface area contributed by atoms with Gasteiger partial charge in [-0.3, -0.25) is 9.10 Å². The van der Waals surface area contributed by atoms with Crippen molar-refractivity contribution in [1.82, 2.24) is 5.32 Å². The van der Waals surface area contributed by atoms with Crippen molar-refractivity contribution in [3.63, 3.8) is 0 Å². The Labute approximate surface area is 151 Å². The van der Waals surface area contributed by atoms with Gasteiger partial charge >= 0.3 is 0 Å². The van der Waals surface area contributed by atoms with Crippen molar-refractivity contribution in [2.75, 3.05) is 35.1 Å². The summed E-state index contributed by atoms with van der Waals surface area (Å²) in [6.07, 6.45) is 3.39. The maximum atomic E-state index is 12.2. The maximum absolute atomic E-state index is 12.2. The SMILES string of the molecule is CCN(CC)c1ccc(N(CCC(=O)NC2CC2)S(C)(=O)=O)c(C)c1. The number of sulfonamides is 1. The molecular formula is C18H29N3O3S. The van der Waals surface area contributed by atoms with Gasteiger partial charge in [0.2, 0.25) is 15.9 Å². The average molecular weight is 368 g/mol. The van der Waals surface area contributed by atoms with Gasteiger partial charge in [-0.15, -0.1) is 0 Å². The molecule has 1 aliphatic carbocycles. The van der Waals surface area contributed by atoms with Crippen LogP contribution in [0.2, 0.25) is 0 Å². The molecule has 0 spiro atoms. The number of anilines is 2. The lowest BCUT2D eigenvalue weighted by molar-refractivity contribution is -0.121. The molecule has 0 heterocycles. The van der Waals surface area contributed by atoms with Gasteiger partial charge in [0.15, 0.2) is 0 Å². The average Bonchev–Trinajstić information content (AvgIpc) is 3.33. The Hall–Kier alpha value is -1.76. The third-order valence-corrected chi connectivity index (χ3v) is 5.64. The van der Waals surface area contributed by atoms with Crippen LogP contribution in [0.4, 0.5) is 11.4 Å². The van der Waals surface area contributed by atoms with E-state index in [2.05, 4.69) is 24.1 Å². The highest BCUT2D eigenvalue weighted by molar-refractivity contribution is 7.92. The van der Waals surface area contributed by atoms with Gasteiger partial charge in [0.25, 0.3) is 0 Å². The van der Waals surface area contributed by atoms with Gasteiger partial charge in [-0.05, 0) is 57.4 Å². The first-order valence-corrected chi connectivity index (χ1v) is 10.7. The van der Waals surface area contributed by atoms with Gasteiger partial charge in [0, 0.05) is 37.8 Å². The first kappa shape index (κ1) is 19.6. The molecule has 25 heavy (non-hydrogen) atoms. The lowest BCUT2D eigenvalue weighted by Crippen LogP contribution is -2.35. The van der Waals surface area contributed by atoms with Crippen molar-refractivity contribution in [2.45, 2.75) is 46.1 Å². The molecule has 140 valence electrons. The van der Waals surface area contributed by atoms with E-state index in [4.69, 9.17) is 0 Å². The van der Waals surface area contributed by atoms with Crippen LogP contribution in [0.15, 0.2) is 18.2 Å². The van der Waals surface area contributed by atoms with Crippen molar-refractivity contribution in [3.8, 4) is 0 Å². The van der Waals surface area contributed by atoms with Crippen LogP contribution in [0.3, 0.4) is 0 Å². The molecule has 0 aromatic heterocycles. The Kier molecular flexibility index (Phi) is 6.32. The van der Waals surface area contributed by atoms with Crippen LogP contribution in [0.1, 0.15) is 38.7 Å². The number of nitrogens with one attached hydrogen (secondary N) is 1. The fraction of sp³-hybridized carbons (Fsp3) is 0.611. The predicted octanol–water partition coefficient (Wildman–Crippen LogP) is 2.28. The molecule has 7 heteroatoms. The highest BCUT2D eigenvalue weighted by Gasteiger charge is 2.25. The summed E-state index contributed by atoms with van der Waals surface area (Å²) in [6.45, 7) is 8.04. The Morgan fingerprint density at radius 2 is 1.88 bits per heavy atom. The fourth-order valence-electron chi connectivity index (χ4n) is 2.90. The highest BCUT2D eigenvalue weighted by atomic mass is 32.2. The number of hydrogen-bond donors (Lipinski definition) is 1. The topological polar surface area (TPSA) is 69.7 Å². The minimum Gasteiger partial charge on any atom is -0.372 e. The van der Waals surface area contributed by atoms with E-state index < -0.39 is 10.0 Å². The number of rotatable bonds is 9. The number of carbonyl (C=O) groups is 1. The van der Waals surface area contributed by atoms with Crippen molar-refractivity contribution in [3.05, 3.63) is 23.8 Å². The first-order chi connectivity index (χ1) is 11.8. The Morgan fingerprint density at radius 1 is 1.24 bits per heavy atom. The van der Waals surface area contributed by atoms with Crippen molar-refractivity contribution < 1.29 is 13.2 Å². The number of aryl methyl sites for hydroxylation is 1. The summed E-state index contributed by atoms with van der Waals surface area (Å²) >= 11 is 0. The minimum absolute atomic E-state index is 0.0893. The molecule has 1 N–H and O–H groups in total. The molecule has 0 unspecified atom stereocenters. The molecule has 0 radical (unpaired) electrons. The number of benzene rings is 1. The summed E-state index contributed by atoms with van der Waals surface area (Å²) in [5.41, 5.74) is 2.60. The molecule has 1 aromatic carbocycles. The van der Waals surface area contributed by atoms with Gasteiger partial charge in [0.1, 0.15) is 0 Å². The summed E-state index contributed by atoms with van der Waals surface area (Å²) in [5, 5.41) is 2.90. The zero-order valence-corrected chi connectivity index (χ0v) is 16.4. The molecular weight excluding hydrogens is 338 g/mol. The smallest absolute Gasteiger partial charge is 0.232 e. The van der Waals surface area contributed by atoms with E-state index in [1.54, 1.807) is 0 Å². The second kappa shape index (κ2) is 8.08. The first-order valence-electron chi connectivity index (χ1n) is 8.89. The molecule has 0 saturated heterocycles. The van der Waals surface area contributed by atoms with Gasteiger partial charge in [-0.2, -0.15) is 0 Å². The largest absolute Gasteiger partial charge is 0.372 e. The van der Waals surface area contributed by atoms with E-state index in [0.29, 0.717) is 5.69 Å². The van der Waals surface area contributed by atoms with Crippen LogP contribution in [0, 0.1) is 6.92 Å². The van der Waals surface area contributed by atoms with E-state index in [1.807, 2.05) is 25.1 Å². The second-order valence-corrected chi connectivity index (χ2v) is 8.48. The number of amides is 1. The predicted molar refractivity (Wildman–Crippen MR) is 103 cm³/mol. The number of carbonyl (C=O) groups excluding carboxylic acids is 1. The summed E-state index contributed by atoms with van der Waals surface area (Å²) in [6, 6.07) is 6.07. The Bertz CT molecular complexity index is 710. The standard InChI is InChI=1S/C18H29N3O3S/c1-5-20(6-2)16-9-10-17(14(3)13-16)21(25(4,23)24)12-11-18(22)19-15-7-8-15/h9-10,13,15H,5-8,11-12H2,1-4H3,(H,19,22). The highest BCUT2D eigenvalue weighted by Crippen LogP contribution is 2.27. The van der Waals surface area contributed by atoms with E-state index >= 15 is 0 Å². The lowest BCUT2D eigenvalue weighted by Gasteiger charge is -2.26. The lowest BCUT2D eigenvalue weighted by atomic mass is 10.1. The molecule has 1 aromatic rings. The zero-order valence-electron chi connectivity index (χ0n) is 15.6. The van der Waals surface area contributed by atoms with Gasteiger partial charge in [-0.1, -0.05) is 0 Å². The molecule has 2 rings (SSSR count). The van der Waals surface area contributed by atoms with Crippen molar-refractivity contribution >= 4 is 27.3 Å². The minimum atomic E-state index is -3.45. The van der Waals surface area contributed by atoms with Crippen molar-refractivity contribution in [1.29, 1.82) is 0 Å². The molecule has 1 saturated carbocycles. The third-order valence-electron chi connectivity index (χ3n) is 4.46. The number of nitrogens with zero attached hydrogens (tertiary/aromatic N) is 2. The maximum Gasteiger partial charge on any atom is 0.232 e. The van der Waals surface area contributed by atoms with Crippen molar-refractivity contribution in [2.24, 2.45) is 0 Å². The summed E-state index contributed by atoms with van der Waals surface area (Å²) in [7, 11) is -3.45. The molecule has 0 bridgehead atoms. The van der Waals surface area contributed by atoms with Crippen LogP contribution < -0.4 is 14.5 Å². The number of hydrogen-bond acceptors (Lipinski definition) is 4. The molecule has 1 fully saturated rings. The molecule has 0 aliphatic heterocycles. The van der Waals surface area contributed by atoms with Crippen LogP contribution in [0.5, 0.6) is 0 Å². The molecule has 1 amide bonds. The normalized spacial score (nSPS) is 14.2. The summed E-state index contributed by atoms with van der Waals surface area (Å²) < 4.78 is 25.8. The van der Waals surface area contributed by atoms with Gasteiger partial charge in [-0.25, -0.2) is 8.42 Å². The Morgan fingerprint density at radius 3 is 2.36 bits per heavy atom. The van der Waals surface area contributed by atoms with Crippen LogP contribution >= 0.6 is 0 Å².